The van der Waals surface area contributed by atoms with Gasteiger partial charge in [-0.1, -0.05) is 13.8 Å². The summed E-state index contributed by atoms with van der Waals surface area (Å²) in [7, 11) is 0. The van der Waals surface area contributed by atoms with Crippen LogP contribution in [-0.2, 0) is 0 Å². The number of carbonyl (C=O) groups is 1. The van der Waals surface area contributed by atoms with E-state index in [1.807, 2.05) is 38.1 Å². The van der Waals surface area contributed by atoms with E-state index in [-0.39, 0.29) is 11.8 Å². The SMILES string of the molecule is CC(C)C1(O)CN(C(=O)c2ccc(I)cc2)C1. The molecule has 1 N–H and O–H groups in total. The van der Waals surface area contributed by atoms with Gasteiger partial charge in [0.15, 0.2) is 0 Å². The maximum absolute atomic E-state index is 12.1. The van der Waals surface area contributed by atoms with Crippen molar-refractivity contribution in [2.45, 2.75) is 19.4 Å². The molecule has 92 valence electrons. The number of β-amino-alcohol motifs (C(OH)–C–C–N with tert-alkyl or cyclic N) is 1. The van der Waals surface area contributed by atoms with Gasteiger partial charge in [-0.25, -0.2) is 0 Å². The molecule has 4 heteroatoms. The van der Waals surface area contributed by atoms with Crippen molar-refractivity contribution in [3.05, 3.63) is 33.4 Å². The standard InChI is InChI=1S/C13H16INO2/c1-9(2)13(17)7-15(8-13)12(16)10-3-5-11(14)6-4-10/h3-6,9,17H,7-8H2,1-2H3. The van der Waals surface area contributed by atoms with Crippen LogP contribution in [0.5, 0.6) is 0 Å². The van der Waals surface area contributed by atoms with Gasteiger partial charge in [-0.3, -0.25) is 4.79 Å². The fraction of sp³-hybridized carbons (Fsp3) is 0.462. The smallest absolute Gasteiger partial charge is 0.254 e. The number of amides is 1. The van der Waals surface area contributed by atoms with Crippen molar-refractivity contribution >= 4 is 28.5 Å². The minimum atomic E-state index is -0.696. The molecular weight excluding hydrogens is 329 g/mol. The highest BCUT2D eigenvalue weighted by Crippen LogP contribution is 2.29. The number of hydrogen-bond donors (Lipinski definition) is 1. The zero-order chi connectivity index (χ0) is 12.6. The van der Waals surface area contributed by atoms with E-state index in [9.17, 15) is 9.90 Å². The molecule has 0 saturated carbocycles. The van der Waals surface area contributed by atoms with Crippen LogP contribution in [0.25, 0.3) is 0 Å². The summed E-state index contributed by atoms with van der Waals surface area (Å²) in [5.74, 6) is 0.190. The molecule has 1 aromatic rings. The molecule has 17 heavy (non-hydrogen) atoms. The molecule has 0 bridgehead atoms. The van der Waals surface area contributed by atoms with E-state index in [1.165, 1.54) is 0 Å². The molecule has 2 rings (SSSR count). The lowest BCUT2D eigenvalue weighted by molar-refractivity contribution is -0.110. The number of rotatable bonds is 2. The lowest BCUT2D eigenvalue weighted by Gasteiger charge is -2.49. The van der Waals surface area contributed by atoms with Crippen molar-refractivity contribution in [3.63, 3.8) is 0 Å². The number of hydrogen-bond acceptors (Lipinski definition) is 2. The molecule has 1 fully saturated rings. The molecule has 3 nitrogen and oxygen atoms in total. The lowest BCUT2D eigenvalue weighted by Crippen LogP contribution is -2.65. The second-order valence-corrected chi connectivity index (χ2v) is 6.17. The third-order valence-electron chi connectivity index (χ3n) is 3.38. The average molecular weight is 345 g/mol. The zero-order valence-corrected chi connectivity index (χ0v) is 12.1. The maximum Gasteiger partial charge on any atom is 0.254 e. The van der Waals surface area contributed by atoms with E-state index in [1.54, 1.807) is 4.90 Å². The zero-order valence-electron chi connectivity index (χ0n) is 9.98. The van der Waals surface area contributed by atoms with Crippen molar-refractivity contribution in [2.24, 2.45) is 5.92 Å². The Kier molecular flexibility index (Phi) is 3.45. The topological polar surface area (TPSA) is 40.5 Å². The highest BCUT2D eigenvalue weighted by molar-refractivity contribution is 14.1. The molecule has 1 heterocycles. The summed E-state index contributed by atoms with van der Waals surface area (Å²) in [6.07, 6.45) is 0. The van der Waals surface area contributed by atoms with Crippen LogP contribution in [0, 0.1) is 9.49 Å². The largest absolute Gasteiger partial charge is 0.386 e. The maximum atomic E-state index is 12.1. The Bertz CT molecular complexity index is 422. The second kappa shape index (κ2) is 4.57. The Morgan fingerprint density at radius 1 is 1.35 bits per heavy atom. The predicted octanol–water partition coefficient (Wildman–Crippen LogP) is 2.13. The van der Waals surface area contributed by atoms with Gasteiger partial charge in [-0.15, -0.1) is 0 Å². The molecule has 0 unspecified atom stereocenters. The third-order valence-corrected chi connectivity index (χ3v) is 4.10. The molecule has 0 radical (unpaired) electrons. The summed E-state index contributed by atoms with van der Waals surface area (Å²) >= 11 is 2.21. The van der Waals surface area contributed by atoms with Crippen molar-refractivity contribution in [2.75, 3.05) is 13.1 Å². The number of halogens is 1. The van der Waals surface area contributed by atoms with Gasteiger partial charge in [-0.05, 0) is 52.8 Å². The van der Waals surface area contributed by atoms with Crippen LogP contribution < -0.4 is 0 Å². The molecule has 1 aromatic carbocycles. The van der Waals surface area contributed by atoms with Crippen molar-refractivity contribution in [1.29, 1.82) is 0 Å². The summed E-state index contributed by atoms with van der Waals surface area (Å²) in [6.45, 7) is 4.84. The van der Waals surface area contributed by atoms with Crippen LogP contribution in [0.15, 0.2) is 24.3 Å². The first-order valence-corrected chi connectivity index (χ1v) is 6.77. The van der Waals surface area contributed by atoms with E-state index in [2.05, 4.69) is 22.6 Å². The van der Waals surface area contributed by atoms with Gasteiger partial charge < -0.3 is 10.0 Å². The van der Waals surface area contributed by atoms with Crippen molar-refractivity contribution in [1.82, 2.24) is 4.90 Å². The van der Waals surface area contributed by atoms with Crippen molar-refractivity contribution in [3.8, 4) is 0 Å². The molecule has 0 aliphatic carbocycles. The van der Waals surface area contributed by atoms with Gasteiger partial charge in [0.05, 0.1) is 13.1 Å². The Hall–Kier alpha value is -0.620. The fourth-order valence-corrected chi connectivity index (χ4v) is 2.26. The van der Waals surface area contributed by atoms with E-state index in [0.717, 1.165) is 3.57 Å². The highest BCUT2D eigenvalue weighted by Gasteiger charge is 2.45. The van der Waals surface area contributed by atoms with Gasteiger partial charge in [0, 0.05) is 9.13 Å². The Morgan fingerprint density at radius 3 is 2.35 bits per heavy atom. The van der Waals surface area contributed by atoms with Gasteiger partial charge in [0.25, 0.3) is 5.91 Å². The van der Waals surface area contributed by atoms with Crippen LogP contribution in [-0.4, -0.2) is 34.6 Å². The van der Waals surface area contributed by atoms with Crippen LogP contribution in [0.4, 0.5) is 0 Å². The summed E-state index contributed by atoms with van der Waals surface area (Å²) < 4.78 is 1.11. The van der Waals surface area contributed by atoms with Crippen molar-refractivity contribution < 1.29 is 9.90 Å². The molecule has 1 aliphatic rings. The minimum absolute atomic E-state index is 0.00623. The normalized spacial score (nSPS) is 18.1. The summed E-state index contributed by atoms with van der Waals surface area (Å²) in [5.41, 5.74) is -0.00463. The quantitative estimate of drug-likeness (QED) is 0.835. The molecule has 1 saturated heterocycles. The van der Waals surface area contributed by atoms with E-state index >= 15 is 0 Å². The number of carbonyl (C=O) groups excluding carboxylic acids is 1. The third kappa shape index (κ3) is 2.47. The molecule has 1 aliphatic heterocycles. The van der Waals surface area contributed by atoms with Gasteiger partial charge >= 0.3 is 0 Å². The minimum Gasteiger partial charge on any atom is -0.386 e. The Morgan fingerprint density at radius 2 is 1.88 bits per heavy atom. The van der Waals surface area contributed by atoms with Gasteiger partial charge in [0.2, 0.25) is 0 Å². The molecule has 0 atom stereocenters. The predicted molar refractivity (Wildman–Crippen MR) is 74.9 cm³/mol. The van der Waals surface area contributed by atoms with E-state index in [0.29, 0.717) is 18.7 Å². The molecule has 1 amide bonds. The van der Waals surface area contributed by atoms with E-state index < -0.39 is 5.60 Å². The second-order valence-electron chi connectivity index (χ2n) is 4.93. The molecule has 0 spiro atoms. The summed E-state index contributed by atoms with van der Waals surface area (Å²) in [4.78, 5) is 13.8. The number of likely N-dealkylation sites (tertiary alicyclic amines) is 1. The Labute approximate surface area is 115 Å². The average Bonchev–Trinajstić information content (AvgIpc) is 2.24. The van der Waals surface area contributed by atoms with Gasteiger partial charge in [-0.2, -0.15) is 0 Å². The van der Waals surface area contributed by atoms with Crippen LogP contribution in [0.3, 0.4) is 0 Å². The number of nitrogens with zero attached hydrogens (tertiary/aromatic N) is 1. The summed E-state index contributed by atoms with van der Waals surface area (Å²) in [5, 5.41) is 10.1. The highest BCUT2D eigenvalue weighted by atomic mass is 127. The monoisotopic (exact) mass is 345 g/mol. The fourth-order valence-electron chi connectivity index (χ4n) is 1.90. The Balaban J connectivity index is 2.02. The van der Waals surface area contributed by atoms with E-state index in [4.69, 9.17) is 0 Å². The van der Waals surface area contributed by atoms with Gasteiger partial charge in [0.1, 0.15) is 5.60 Å². The first-order chi connectivity index (χ1) is 7.92. The first kappa shape index (κ1) is 12.8. The summed E-state index contributed by atoms with van der Waals surface area (Å²) in [6, 6.07) is 7.50. The van der Waals surface area contributed by atoms with Crippen LogP contribution >= 0.6 is 22.6 Å². The number of aliphatic hydroxyl groups is 1. The number of benzene rings is 1. The first-order valence-electron chi connectivity index (χ1n) is 5.69. The van der Waals surface area contributed by atoms with Crippen LogP contribution in [0.1, 0.15) is 24.2 Å². The van der Waals surface area contributed by atoms with Crippen LogP contribution in [0.2, 0.25) is 0 Å². The molecule has 0 aromatic heterocycles. The lowest BCUT2D eigenvalue weighted by atomic mass is 9.82. The molecular formula is C13H16INO2.